The molecule has 1 aromatic heterocycles. The predicted molar refractivity (Wildman–Crippen MR) is 53.7 cm³/mol. The number of aromatic nitrogens is 1. The van der Waals surface area contributed by atoms with Crippen LogP contribution in [0.15, 0.2) is 18.2 Å². The first-order valence-electron chi connectivity index (χ1n) is 4.03. The molecular formula is C10H8N2S. The summed E-state index contributed by atoms with van der Waals surface area (Å²) in [6.45, 7) is 2.00. The van der Waals surface area contributed by atoms with Gasteiger partial charge in [0, 0.05) is 5.39 Å². The molecule has 3 heteroatoms. The molecule has 0 saturated carbocycles. The Morgan fingerprint density at radius 1 is 1.54 bits per heavy atom. The molecule has 13 heavy (non-hydrogen) atoms. The first kappa shape index (κ1) is 8.21. The highest BCUT2D eigenvalue weighted by Crippen LogP contribution is 2.23. The Balaban J connectivity index is 2.60. The second-order valence-electron chi connectivity index (χ2n) is 2.93. The van der Waals surface area contributed by atoms with Gasteiger partial charge >= 0.3 is 0 Å². The van der Waals surface area contributed by atoms with Gasteiger partial charge in [0.05, 0.1) is 22.9 Å². The van der Waals surface area contributed by atoms with Crippen LogP contribution in [0.3, 0.4) is 0 Å². The number of aryl methyl sites for hydroxylation is 1. The first-order chi connectivity index (χ1) is 6.31. The van der Waals surface area contributed by atoms with Crippen molar-refractivity contribution in [3.63, 3.8) is 0 Å². The van der Waals surface area contributed by atoms with E-state index in [-0.39, 0.29) is 0 Å². The van der Waals surface area contributed by atoms with E-state index in [2.05, 4.69) is 16.5 Å². The van der Waals surface area contributed by atoms with Crippen LogP contribution < -0.4 is 0 Å². The minimum atomic E-state index is 0.477. The van der Waals surface area contributed by atoms with Gasteiger partial charge in [-0.15, -0.1) is 0 Å². The van der Waals surface area contributed by atoms with Crippen LogP contribution in [0.5, 0.6) is 0 Å². The van der Waals surface area contributed by atoms with E-state index in [1.165, 1.54) is 21.6 Å². The highest BCUT2D eigenvalue weighted by Gasteiger charge is 2.02. The molecule has 0 N–H and O–H groups in total. The maximum atomic E-state index is 8.55. The van der Waals surface area contributed by atoms with Gasteiger partial charge in [0.15, 0.2) is 0 Å². The number of fused-ring (bicyclic) bond motifs is 1. The predicted octanol–water partition coefficient (Wildman–Crippen LogP) is 2.67. The Kier molecular flexibility index (Phi) is 1.99. The summed E-state index contributed by atoms with van der Waals surface area (Å²) in [4.78, 5) is 0. The van der Waals surface area contributed by atoms with Crippen LogP contribution in [0.25, 0.3) is 10.1 Å². The summed E-state index contributed by atoms with van der Waals surface area (Å²) in [5.41, 5.74) is 2.12. The molecule has 0 unspecified atom stereocenters. The van der Waals surface area contributed by atoms with Gasteiger partial charge in [-0.3, -0.25) is 0 Å². The molecule has 0 atom stereocenters. The second-order valence-corrected chi connectivity index (χ2v) is 3.74. The van der Waals surface area contributed by atoms with Gasteiger partial charge in [0.1, 0.15) is 0 Å². The van der Waals surface area contributed by atoms with E-state index in [0.717, 1.165) is 11.3 Å². The van der Waals surface area contributed by atoms with Crippen molar-refractivity contribution in [1.29, 1.82) is 5.26 Å². The second kappa shape index (κ2) is 3.15. The molecule has 0 spiro atoms. The van der Waals surface area contributed by atoms with Crippen molar-refractivity contribution in [3.8, 4) is 6.07 Å². The fraction of sp³-hybridized carbons (Fsp3) is 0.200. The van der Waals surface area contributed by atoms with E-state index >= 15 is 0 Å². The SMILES string of the molecule is Cc1nsc2ccc(CC#N)cc12. The molecule has 2 nitrogen and oxygen atoms in total. The zero-order valence-electron chi connectivity index (χ0n) is 7.24. The van der Waals surface area contributed by atoms with E-state index in [9.17, 15) is 0 Å². The standard InChI is InChI=1S/C10H8N2S/c1-7-9-6-8(4-5-11)2-3-10(9)13-12-7/h2-3,6H,4H2,1H3. The average Bonchev–Trinajstić information content (AvgIpc) is 2.49. The Morgan fingerprint density at radius 2 is 2.38 bits per heavy atom. The smallest absolute Gasteiger partial charge is 0.0669 e. The zero-order chi connectivity index (χ0) is 9.26. The van der Waals surface area contributed by atoms with Gasteiger partial charge < -0.3 is 0 Å². The lowest BCUT2D eigenvalue weighted by atomic mass is 10.1. The molecule has 0 aliphatic heterocycles. The third-order valence-corrected chi connectivity index (χ3v) is 2.92. The number of hydrogen-bond donors (Lipinski definition) is 0. The van der Waals surface area contributed by atoms with Crippen molar-refractivity contribution in [3.05, 3.63) is 29.5 Å². The Morgan fingerprint density at radius 3 is 3.15 bits per heavy atom. The van der Waals surface area contributed by atoms with Crippen molar-refractivity contribution in [2.75, 3.05) is 0 Å². The van der Waals surface area contributed by atoms with Gasteiger partial charge in [-0.2, -0.15) is 9.64 Å². The van der Waals surface area contributed by atoms with Crippen LogP contribution in [0.2, 0.25) is 0 Å². The summed E-state index contributed by atoms with van der Waals surface area (Å²) in [5.74, 6) is 0. The van der Waals surface area contributed by atoms with Crippen LogP contribution in [0, 0.1) is 18.3 Å². The molecule has 0 radical (unpaired) electrons. The van der Waals surface area contributed by atoms with Crippen molar-refractivity contribution >= 4 is 21.6 Å². The maximum Gasteiger partial charge on any atom is 0.0669 e. The Hall–Kier alpha value is -1.40. The lowest BCUT2D eigenvalue weighted by Crippen LogP contribution is -1.80. The third kappa shape index (κ3) is 1.41. The van der Waals surface area contributed by atoms with Gasteiger partial charge in [-0.1, -0.05) is 6.07 Å². The highest BCUT2D eigenvalue weighted by atomic mass is 32.1. The largest absolute Gasteiger partial charge is 0.198 e. The molecule has 2 aromatic rings. The monoisotopic (exact) mass is 188 g/mol. The van der Waals surface area contributed by atoms with Crippen molar-refractivity contribution in [1.82, 2.24) is 4.37 Å². The highest BCUT2D eigenvalue weighted by molar-refractivity contribution is 7.13. The molecule has 0 fully saturated rings. The normalized spacial score (nSPS) is 10.2. The van der Waals surface area contributed by atoms with E-state index < -0.39 is 0 Å². The van der Waals surface area contributed by atoms with Crippen molar-refractivity contribution < 1.29 is 0 Å². The average molecular weight is 188 g/mol. The number of benzene rings is 1. The molecule has 64 valence electrons. The van der Waals surface area contributed by atoms with Crippen LogP contribution in [-0.2, 0) is 6.42 Å². The maximum absolute atomic E-state index is 8.55. The topological polar surface area (TPSA) is 36.7 Å². The fourth-order valence-corrected chi connectivity index (χ4v) is 2.08. The van der Waals surface area contributed by atoms with E-state index in [1.54, 1.807) is 0 Å². The van der Waals surface area contributed by atoms with Crippen LogP contribution in [0.1, 0.15) is 11.3 Å². The van der Waals surface area contributed by atoms with Gasteiger partial charge in [-0.05, 0) is 36.2 Å². The summed E-state index contributed by atoms with van der Waals surface area (Å²) in [6, 6.07) is 8.22. The van der Waals surface area contributed by atoms with E-state index in [4.69, 9.17) is 5.26 Å². The van der Waals surface area contributed by atoms with E-state index in [1.807, 2.05) is 19.1 Å². The van der Waals surface area contributed by atoms with Crippen LogP contribution in [0.4, 0.5) is 0 Å². The number of nitrogens with zero attached hydrogens (tertiary/aromatic N) is 2. The van der Waals surface area contributed by atoms with Crippen molar-refractivity contribution in [2.45, 2.75) is 13.3 Å². The zero-order valence-corrected chi connectivity index (χ0v) is 8.06. The third-order valence-electron chi connectivity index (χ3n) is 2.00. The molecule has 1 heterocycles. The lowest BCUT2D eigenvalue weighted by molar-refractivity contribution is 1.27. The van der Waals surface area contributed by atoms with E-state index in [0.29, 0.717) is 6.42 Å². The molecular weight excluding hydrogens is 180 g/mol. The summed E-state index contributed by atoms with van der Waals surface area (Å²) in [5, 5.41) is 9.73. The quantitative estimate of drug-likeness (QED) is 0.689. The summed E-state index contributed by atoms with van der Waals surface area (Å²) in [6.07, 6.45) is 0.477. The van der Waals surface area contributed by atoms with Crippen LogP contribution in [-0.4, -0.2) is 4.37 Å². The van der Waals surface area contributed by atoms with Crippen molar-refractivity contribution in [2.24, 2.45) is 0 Å². The molecule has 2 rings (SSSR count). The molecule has 0 aliphatic rings. The number of nitriles is 1. The van der Waals surface area contributed by atoms with Gasteiger partial charge in [-0.25, -0.2) is 0 Å². The van der Waals surface area contributed by atoms with Gasteiger partial charge in [0.2, 0.25) is 0 Å². The summed E-state index contributed by atoms with van der Waals surface area (Å²) in [7, 11) is 0. The number of rotatable bonds is 1. The fourth-order valence-electron chi connectivity index (χ4n) is 1.31. The number of hydrogen-bond acceptors (Lipinski definition) is 3. The molecule has 0 saturated heterocycles. The van der Waals surface area contributed by atoms with Gasteiger partial charge in [0.25, 0.3) is 0 Å². The molecule has 1 aromatic carbocycles. The molecule has 0 amide bonds. The van der Waals surface area contributed by atoms with Crippen LogP contribution >= 0.6 is 11.5 Å². The summed E-state index contributed by atoms with van der Waals surface area (Å²) >= 11 is 1.51. The lowest BCUT2D eigenvalue weighted by Gasteiger charge is -1.94. The molecule has 0 bridgehead atoms. The Labute approximate surface area is 80.6 Å². The first-order valence-corrected chi connectivity index (χ1v) is 4.80. The Bertz CT molecular complexity index is 479. The minimum Gasteiger partial charge on any atom is -0.198 e. The molecule has 0 aliphatic carbocycles. The minimum absolute atomic E-state index is 0.477. The summed E-state index contributed by atoms with van der Waals surface area (Å²) < 4.78 is 5.45.